The van der Waals surface area contributed by atoms with E-state index in [1.807, 2.05) is 0 Å². The molecule has 20 heavy (non-hydrogen) atoms. The molecular weight excluding hydrogens is 282 g/mol. The van der Waals surface area contributed by atoms with Crippen molar-refractivity contribution in [2.24, 2.45) is 0 Å². The van der Waals surface area contributed by atoms with Crippen molar-refractivity contribution in [2.45, 2.75) is 32.8 Å². The Labute approximate surface area is 122 Å². The minimum absolute atomic E-state index is 0.129. The number of carbonyl (C=O) groups is 2. The normalized spacial score (nSPS) is 10.8. The highest BCUT2D eigenvalue weighted by Crippen LogP contribution is 2.09. The van der Waals surface area contributed by atoms with E-state index < -0.39 is 11.7 Å². The molecule has 2 amide bonds. The van der Waals surface area contributed by atoms with E-state index >= 15 is 0 Å². The summed E-state index contributed by atoms with van der Waals surface area (Å²) >= 11 is 5.68. The van der Waals surface area contributed by atoms with E-state index in [-0.39, 0.29) is 18.9 Å². The molecule has 0 aliphatic rings. The lowest BCUT2D eigenvalue weighted by atomic mass is 10.2. The van der Waals surface area contributed by atoms with Crippen molar-refractivity contribution >= 4 is 29.4 Å². The van der Waals surface area contributed by atoms with Gasteiger partial charge in [-0.15, -0.1) is 0 Å². The zero-order chi connectivity index (χ0) is 15.2. The fourth-order valence-electron chi connectivity index (χ4n) is 1.25. The fourth-order valence-corrected chi connectivity index (χ4v) is 1.36. The molecule has 0 radical (unpaired) electrons. The second kappa shape index (κ2) is 7.09. The predicted molar refractivity (Wildman–Crippen MR) is 76.7 cm³/mol. The van der Waals surface area contributed by atoms with Crippen LogP contribution < -0.4 is 10.6 Å². The van der Waals surface area contributed by atoms with Crippen molar-refractivity contribution in [3.05, 3.63) is 23.4 Å². The summed E-state index contributed by atoms with van der Waals surface area (Å²) in [5.41, 5.74) is -0.556. The SMILES string of the molecule is CC(C)(C)OC(=O)NCCC(=O)Nc1ccc(Cl)cn1. The molecule has 0 saturated carbocycles. The van der Waals surface area contributed by atoms with Gasteiger partial charge in [0.25, 0.3) is 0 Å². The maximum Gasteiger partial charge on any atom is 0.407 e. The number of halogens is 1. The van der Waals surface area contributed by atoms with E-state index in [2.05, 4.69) is 15.6 Å². The number of alkyl carbamates (subject to hydrolysis) is 1. The first-order valence-electron chi connectivity index (χ1n) is 6.14. The molecule has 0 spiro atoms. The van der Waals surface area contributed by atoms with Crippen LogP contribution in [0.4, 0.5) is 10.6 Å². The molecule has 1 heterocycles. The minimum atomic E-state index is -0.556. The highest BCUT2D eigenvalue weighted by molar-refractivity contribution is 6.30. The van der Waals surface area contributed by atoms with Gasteiger partial charge in [0.15, 0.2) is 0 Å². The summed E-state index contributed by atoms with van der Waals surface area (Å²) in [7, 11) is 0. The van der Waals surface area contributed by atoms with E-state index in [1.165, 1.54) is 6.20 Å². The van der Waals surface area contributed by atoms with Crippen molar-refractivity contribution < 1.29 is 14.3 Å². The Balaban J connectivity index is 2.27. The standard InChI is InChI=1S/C13H18ClN3O3/c1-13(2,3)20-12(19)15-7-6-11(18)17-10-5-4-9(14)8-16-10/h4-5,8H,6-7H2,1-3H3,(H,15,19)(H,16,17,18). The number of anilines is 1. The Morgan fingerprint density at radius 2 is 2.05 bits per heavy atom. The third-order valence-corrected chi connectivity index (χ3v) is 2.24. The second-order valence-electron chi connectivity index (χ2n) is 5.09. The summed E-state index contributed by atoms with van der Waals surface area (Å²) in [6.07, 6.45) is 1.02. The molecular formula is C13H18ClN3O3. The average molecular weight is 300 g/mol. The molecule has 0 unspecified atom stereocenters. The molecule has 1 aromatic heterocycles. The fraction of sp³-hybridized carbons (Fsp3) is 0.462. The zero-order valence-electron chi connectivity index (χ0n) is 11.7. The molecule has 7 heteroatoms. The van der Waals surface area contributed by atoms with Crippen LogP contribution in [0.5, 0.6) is 0 Å². The summed E-state index contributed by atoms with van der Waals surface area (Å²) in [4.78, 5) is 26.9. The monoisotopic (exact) mass is 299 g/mol. The van der Waals surface area contributed by atoms with E-state index in [9.17, 15) is 9.59 Å². The highest BCUT2D eigenvalue weighted by Gasteiger charge is 2.15. The number of aromatic nitrogens is 1. The third-order valence-electron chi connectivity index (χ3n) is 2.02. The Hall–Kier alpha value is -1.82. The molecule has 0 aliphatic carbocycles. The van der Waals surface area contributed by atoms with Crippen molar-refractivity contribution in [3.8, 4) is 0 Å². The summed E-state index contributed by atoms with van der Waals surface area (Å²) in [5.74, 6) is 0.160. The first-order valence-corrected chi connectivity index (χ1v) is 6.52. The summed E-state index contributed by atoms with van der Waals surface area (Å²) in [6.45, 7) is 5.50. The first-order chi connectivity index (χ1) is 9.26. The number of nitrogens with one attached hydrogen (secondary N) is 2. The predicted octanol–water partition coefficient (Wildman–Crippen LogP) is 2.59. The number of hydrogen-bond donors (Lipinski definition) is 2. The minimum Gasteiger partial charge on any atom is -0.444 e. The topological polar surface area (TPSA) is 80.3 Å². The lowest BCUT2D eigenvalue weighted by Gasteiger charge is -2.19. The smallest absolute Gasteiger partial charge is 0.407 e. The van der Waals surface area contributed by atoms with Crippen molar-refractivity contribution in [1.82, 2.24) is 10.3 Å². The maximum absolute atomic E-state index is 11.6. The maximum atomic E-state index is 11.6. The average Bonchev–Trinajstić information content (AvgIpc) is 2.29. The van der Waals surface area contributed by atoms with Gasteiger partial charge in [0.1, 0.15) is 11.4 Å². The van der Waals surface area contributed by atoms with Crippen LogP contribution in [0.15, 0.2) is 18.3 Å². The molecule has 0 fully saturated rings. The molecule has 1 rings (SSSR count). The summed E-state index contributed by atoms with van der Waals surface area (Å²) in [5, 5.41) is 5.59. The van der Waals surface area contributed by atoms with E-state index in [4.69, 9.17) is 16.3 Å². The van der Waals surface area contributed by atoms with Crippen LogP contribution in [0.3, 0.4) is 0 Å². The van der Waals surface area contributed by atoms with Crippen LogP contribution in [0.25, 0.3) is 0 Å². The molecule has 1 aromatic rings. The molecule has 110 valence electrons. The molecule has 2 N–H and O–H groups in total. The van der Waals surface area contributed by atoms with Gasteiger partial charge < -0.3 is 15.4 Å². The van der Waals surface area contributed by atoms with Gasteiger partial charge in [-0.2, -0.15) is 0 Å². The number of pyridine rings is 1. The lowest BCUT2D eigenvalue weighted by molar-refractivity contribution is -0.116. The van der Waals surface area contributed by atoms with E-state index in [1.54, 1.807) is 32.9 Å². The number of carbonyl (C=O) groups excluding carboxylic acids is 2. The van der Waals surface area contributed by atoms with Crippen LogP contribution in [-0.2, 0) is 9.53 Å². The van der Waals surface area contributed by atoms with Crippen LogP contribution in [-0.4, -0.2) is 29.1 Å². The van der Waals surface area contributed by atoms with Crippen molar-refractivity contribution in [1.29, 1.82) is 0 Å². The Kier molecular flexibility index (Phi) is 5.76. The quantitative estimate of drug-likeness (QED) is 0.895. The van der Waals surface area contributed by atoms with Gasteiger partial charge in [-0.25, -0.2) is 9.78 Å². The Bertz CT molecular complexity index is 469. The third kappa shape index (κ3) is 6.94. The van der Waals surface area contributed by atoms with Gasteiger partial charge >= 0.3 is 6.09 Å². The molecule has 0 aromatic carbocycles. The largest absolute Gasteiger partial charge is 0.444 e. The Morgan fingerprint density at radius 3 is 2.60 bits per heavy atom. The first kappa shape index (κ1) is 16.2. The van der Waals surface area contributed by atoms with Crippen LogP contribution in [0.1, 0.15) is 27.2 Å². The molecule has 0 bridgehead atoms. The Morgan fingerprint density at radius 1 is 1.35 bits per heavy atom. The van der Waals surface area contributed by atoms with Crippen molar-refractivity contribution in [2.75, 3.05) is 11.9 Å². The number of amides is 2. The summed E-state index contributed by atoms with van der Waals surface area (Å²) < 4.78 is 5.04. The molecule has 6 nitrogen and oxygen atoms in total. The number of hydrogen-bond acceptors (Lipinski definition) is 4. The van der Waals surface area contributed by atoms with Gasteiger partial charge in [-0.05, 0) is 32.9 Å². The van der Waals surface area contributed by atoms with Crippen LogP contribution in [0, 0.1) is 0 Å². The highest BCUT2D eigenvalue weighted by atomic mass is 35.5. The molecule has 0 atom stereocenters. The summed E-state index contributed by atoms with van der Waals surface area (Å²) in [6, 6.07) is 3.23. The van der Waals surface area contributed by atoms with Gasteiger partial charge in [0.05, 0.1) is 5.02 Å². The van der Waals surface area contributed by atoms with Crippen molar-refractivity contribution in [3.63, 3.8) is 0 Å². The number of rotatable bonds is 4. The van der Waals surface area contributed by atoms with Crippen LogP contribution >= 0.6 is 11.6 Å². The van der Waals surface area contributed by atoms with Gasteiger partial charge in [-0.1, -0.05) is 11.6 Å². The zero-order valence-corrected chi connectivity index (χ0v) is 12.5. The van der Waals surface area contributed by atoms with E-state index in [0.717, 1.165) is 0 Å². The number of ether oxygens (including phenoxy) is 1. The second-order valence-corrected chi connectivity index (χ2v) is 5.52. The lowest BCUT2D eigenvalue weighted by Crippen LogP contribution is -2.34. The van der Waals surface area contributed by atoms with Gasteiger partial charge in [0, 0.05) is 19.2 Å². The van der Waals surface area contributed by atoms with Gasteiger partial charge in [-0.3, -0.25) is 4.79 Å². The van der Waals surface area contributed by atoms with E-state index in [0.29, 0.717) is 10.8 Å². The van der Waals surface area contributed by atoms with Gasteiger partial charge in [0.2, 0.25) is 5.91 Å². The molecule has 0 saturated heterocycles. The van der Waals surface area contributed by atoms with Crippen LogP contribution in [0.2, 0.25) is 5.02 Å². The molecule has 0 aliphatic heterocycles. The number of nitrogens with zero attached hydrogens (tertiary/aromatic N) is 1.